The second-order valence-corrected chi connectivity index (χ2v) is 4.98. The predicted molar refractivity (Wildman–Crippen MR) is 58.5 cm³/mol. The van der Waals surface area contributed by atoms with Crippen LogP contribution in [0.2, 0.25) is 0 Å². The Morgan fingerprint density at radius 3 is 1.93 bits per heavy atom. The van der Waals surface area contributed by atoms with Gasteiger partial charge in [0.15, 0.2) is 0 Å². The summed E-state index contributed by atoms with van der Waals surface area (Å²) >= 11 is 0. The van der Waals surface area contributed by atoms with Crippen LogP contribution in [-0.4, -0.2) is 12.2 Å². The third-order valence-corrected chi connectivity index (χ3v) is 2.97. The van der Waals surface area contributed by atoms with Crippen LogP contribution in [0.4, 0.5) is 0 Å². The standard InChI is InChI=1S/C11H14O2P/c1-7-5-8(2)10(9(3)6-7)11(12)14(4)13/h5-6H,1-4H3. The summed E-state index contributed by atoms with van der Waals surface area (Å²) in [5.41, 5.74) is 3.34. The number of hydrogen-bond donors (Lipinski definition) is 0. The third kappa shape index (κ3) is 2.08. The second kappa shape index (κ2) is 4.02. The van der Waals surface area contributed by atoms with E-state index in [4.69, 9.17) is 0 Å². The van der Waals surface area contributed by atoms with E-state index in [1.165, 1.54) is 6.66 Å². The van der Waals surface area contributed by atoms with Crippen molar-refractivity contribution in [2.45, 2.75) is 20.8 Å². The fraction of sp³-hybridized carbons (Fsp3) is 0.364. The van der Waals surface area contributed by atoms with Crippen LogP contribution >= 0.6 is 7.80 Å². The molecule has 0 spiro atoms. The molecule has 2 nitrogen and oxygen atoms in total. The molecule has 0 heterocycles. The van der Waals surface area contributed by atoms with Crippen LogP contribution in [0.25, 0.3) is 0 Å². The third-order valence-electron chi connectivity index (χ3n) is 2.18. The lowest BCUT2D eigenvalue weighted by atomic mass is 10.0. The van der Waals surface area contributed by atoms with Crippen molar-refractivity contribution >= 4 is 13.3 Å². The minimum Gasteiger partial charge on any atom is -0.281 e. The first-order valence-electron chi connectivity index (χ1n) is 4.46. The molecule has 14 heavy (non-hydrogen) atoms. The molecular weight excluding hydrogens is 195 g/mol. The van der Waals surface area contributed by atoms with Gasteiger partial charge < -0.3 is 0 Å². The molecule has 0 amide bonds. The van der Waals surface area contributed by atoms with Crippen molar-refractivity contribution in [3.05, 3.63) is 34.4 Å². The Bertz CT molecular complexity index is 385. The Morgan fingerprint density at radius 2 is 1.57 bits per heavy atom. The lowest BCUT2D eigenvalue weighted by Crippen LogP contribution is -2.00. The topological polar surface area (TPSA) is 34.1 Å². The largest absolute Gasteiger partial charge is 0.281 e. The van der Waals surface area contributed by atoms with E-state index >= 15 is 0 Å². The molecule has 0 N–H and O–H groups in total. The first kappa shape index (κ1) is 11.1. The van der Waals surface area contributed by atoms with Gasteiger partial charge in [-0.25, -0.2) is 0 Å². The van der Waals surface area contributed by atoms with E-state index in [2.05, 4.69) is 0 Å². The van der Waals surface area contributed by atoms with Gasteiger partial charge in [-0.3, -0.25) is 9.36 Å². The van der Waals surface area contributed by atoms with E-state index in [0.29, 0.717) is 5.56 Å². The summed E-state index contributed by atoms with van der Waals surface area (Å²) in [6, 6.07) is 3.89. The highest BCUT2D eigenvalue weighted by Gasteiger charge is 2.15. The highest BCUT2D eigenvalue weighted by Crippen LogP contribution is 2.27. The van der Waals surface area contributed by atoms with Gasteiger partial charge in [0.1, 0.15) is 7.80 Å². The molecule has 0 aliphatic heterocycles. The minimum absolute atomic E-state index is 0.241. The fourth-order valence-corrected chi connectivity index (χ4v) is 2.34. The van der Waals surface area contributed by atoms with Gasteiger partial charge in [0, 0.05) is 12.2 Å². The molecule has 0 aliphatic rings. The van der Waals surface area contributed by atoms with Crippen molar-refractivity contribution in [3.8, 4) is 0 Å². The van der Waals surface area contributed by atoms with Crippen molar-refractivity contribution in [1.82, 2.24) is 0 Å². The van der Waals surface area contributed by atoms with Crippen LogP contribution < -0.4 is 0 Å². The summed E-state index contributed by atoms with van der Waals surface area (Å²) in [6.07, 6.45) is 0. The van der Waals surface area contributed by atoms with E-state index in [9.17, 15) is 9.36 Å². The highest BCUT2D eigenvalue weighted by molar-refractivity contribution is 7.63. The highest BCUT2D eigenvalue weighted by atomic mass is 31.1. The van der Waals surface area contributed by atoms with Gasteiger partial charge in [-0.2, -0.15) is 0 Å². The summed E-state index contributed by atoms with van der Waals surface area (Å²) in [6.45, 7) is 7.20. The molecule has 0 aliphatic carbocycles. The van der Waals surface area contributed by atoms with Crippen LogP contribution in [0.3, 0.4) is 0 Å². The number of benzene rings is 1. The van der Waals surface area contributed by atoms with Gasteiger partial charge in [0.25, 0.3) is 0 Å². The molecule has 0 aromatic heterocycles. The molecule has 0 fully saturated rings. The van der Waals surface area contributed by atoms with Crippen LogP contribution in [0.5, 0.6) is 0 Å². The fourth-order valence-electron chi connectivity index (χ4n) is 1.67. The molecule has 0 saturated carbocycles. The summed E-state index contributed by atoms with van der Waals surface area (Å²) < 4.78 is 11.1. The smallest absolute Gasteiger partial charge is 0.242 e. The second-order valence-electron chi connectivity index (χ2n) is 3.58. The van der Waals surface area contributed by atoms with Gasteiger partial charge in [-0.15, -0.1) is 0 Å². The summed E-state index contributed by atoms with van der Waals surface area (Å²) in [4.78, 5) is 11.6. The SMILES string of the molecule is Cc1cc(C)c(C(=O)[P](C)=O)c(C)c1. The molecule has 1 radical (unpaired) electrons. The average Bonchev–Trinajstić information content (AvgIpc) is 2.01. The molecule has 1 rings (SSSR count). The lowest BCUT2D eigenvalue weighted by molar-refractivity contribution is 0.107. The zero-order valence-corrected chi connectivity index (χ0v) is 9.81. The van der Waals surface area contributed by atoms with Crippen molar-refractivity contribution in [3.63, 3.8) is 0 Å². The Kier molecular flexibility index (Phi) is 3.17. The number of hydrogen-bond acceptors (Lipinski definition) is 2. The van der Waals surface area contributed by atoms with Gasteiger partial charge >= 0.3 is 0 Å². The van der Waals surface area contributed by atoms with E-state index in [0.717, 1.165) is 16.7 Å². The van der Waals surface area contributed by atoms with Crippen molar-refractivity contribution < 1.29 is 9.36 Å². The maximum absolute atomic E-state index is 11.6. The molecule has 0 saturated heterocycles. The van der Waals surface area contributed by atoms with Gasteiger partial charge in [-0.1, -0.05) is 17.7 Å². The Hall–Kier alpha value is -1.01. The molecule has 1 aromatic carbocycles. The lowest BCUT2D eigenvalue weighted by Gasteiger charge is -2.08. The van der Waals surface area contributed by atoms with Gasteiger partial charge in [0.2, 0.25) is 5.52 Å². The Morgan fingerprint density at radius 1 is 1.14 bits per heavy atom. The summed E-state index contributed by atoms with van der Waals surface area (Å²) in [5.74, 6) is 0. The maximum atomic E-state index is 11.6. The van der Waals surface area contributed by atoms with E-state index < -0.39 is 7.80 Å². The van der Waals surface area contributed by atoms with Crippen LogP contribution in [-0.2, 0) is 4.57 Å². The first-order valence-corrected chi connectivity index (χ1v) is 6.17. The normalized spacial score (nSPS) is 11.3. The number of carbonyl (C=O) groups excluding carboxylic acids is 1. The molecule has 1 aromatic rings. The molecule has 0 bridgehead atoms. The van der Waals surface area contributed by atoms with Crippen LogP contribution in [0, 0.1) is 20.8 Å². The minimum atomic E-state index is -1.77. The zero-order valence-electron chi connectivity index (χ0n) is 8.92. The number of rotatable bonds is 2. The maximum Gasteiger partial charge on any atom is 0.242 e. The van der Waals surface area contributed by atoms with Crippen molar-refractivity contribution in [2.75, 3.05) is 6.66 Å². The van der Waals surface area contributed by atoms with Crippen LogP contribution in [0.1, 0.15) is 27.0 Å². The molecular formula is C11H14O2P. The molecule has 75 valence electrons. The van der Waals surface area contributed by atoms with E-state index in [1.807, 2.05) is 32.9 Å². The summed E-state index contributed by atoms with van der Waals surface area (Å²) in [7, 11) is -1.77. The average molecular weight is 209 g/mol. The van der Waals surface area contributed by atoms with Gasteiger partial charge in [0.05, 0.1) is 0 Å². The molecule has 1 unspecified atom stereocenters. The molecule has 3 heteroatoms. The zero-order chi connectivity index (χ0) is 10.9. The Balaban J connectivity index is 3.35. The quantitative estimate of drug-likeness (QED) is 0.701. The Labute approximate surface area is 85.1 Å². The van der Waals surface area contributed by atoms with E-state index in [1.54, 1.807) is 0 Å². The number of carbonyl (C=O) groups is 1. The molecule has 1 atom stereocenters. The van der Waals surface area contributed by atoms with Crippen molar-refractivity contribution in [1.29, 1.82) is 0 Å². The predicted octanol–water partition coefficient (Wildman–Crippen LogP) is 3.21. The van der Waals surface area contributed by atoms with Crippen molar-refractivity contribution in [2.24, 2.45) is 0 Å². The monoisotopic (exact) mass is 209 g/mol. The summed E-state index contributed by atoms with van der Waals surface area (Å²) in [5, 5.41) is 0. The van der Waals surface area contributed by atoms with Gasteiger partial charge in [-0.05, 0) is 31.9 Å². The number of aryl methyl sites for hydroxylation is 3. The first-order chi connectivity index (χ1) is 6.43. The van der Waals surface area contributed by atoms with Crippen LogP contribution in [0.15, 0.2) is 12.1 Å². The van der Waals surface area contributed by atoms with E-state index in [-0.39, 0.29) is 5.52 Å².